The van der Waals surface area contributed by atoms with E-state index in [1.54, 1.807) is 18.0 Å². The van der Waals surface area contributed by atoms with E-state index >= 15 is 0 Å². The maximum atomic E-state index is 10.3. The van der Waals surface area contributed by atoms with E-state index in [0.717, 1.165) is 28.0 Å². The van der Waals surface area contributed by atoms with Crippen LogP contribution in [0.15, 0.2) is 36.5 Å². The van der Waals surface area contributed by atoms with Gasteiger partial charge in [-0.25, -0.2) is 0 Å². The van der Waals surface area contributed by atoms with Crippen molar-refractivity contribution in [1.82, 2.24) is 4.98 Å². The number of aliphatic hydroxyl groups is 1. The molecule has 96 valence electrons. The molecule has 0 aliphatic rings. The number of thioether (sulfide) groups is 1. The number of pyridine rings is 1. The fourth-order valence-corrected chi connectivity index (χ4v) is 2.91. The van der Waals surface area contributed by atoms with Crippen molar-refractivity contribution >= 4 is 22.7 Å². The normalized spacial score (nSPS) is 13.1. The Morgan fingerprint density at radius 2 is 1.94 bits per heavy atom. The first-order valence-corrected chi connectivity index (χ1v) is 7.43. The van der Waals surface area contributed by atoms with Gasteiger partial charge in [0.25, 0.3) is 0 Å². The number of fused-ring (bicyclic) bond motifs is 1. The molecule has 1 unspecified atom stereocenters. The third-order valence-corrected chi connectivity index (χ3v) is 4.20. The number of para-hydroxylation sites is 1. The zero-order chi connectivity index (χ0) is 13.0. The monoisotopic (exact) mass is 261 g/mol. The average molecular weight is 261 g/mol. The van der Waals surface area contributed by atoms with Crippen molar-refractivity contribution in [1.29, 1.82) is 0 Å². The minimum absolute atomic E-state index is 0.438. The summed E-state index contributed by atoms with van der Waals surface area (Å²) in [5.74, 6) is 2.47. The minimum Gasteiger partial charge on any atom is -0.387 e. The first kappa shape index (κ1) is 13.4. The van der Waals surface area contributed by atoms with Gasteiger partial charge in [-0.1, -0.05) is 38.1 Å². The summed E-state index contributed by atoms with van der Waals surface area (Å²) >= 11 is 1.80. The second-order valence-corrected chi connectivity index (χ2v) is 5.94. The van der Waals surface area contributed by atoms with Gasteiger partial charge in [0.15, 0.2) is 0 Å². The summed E-state index contributed by atoms with van der Waals surface area (Å²) in [6, 6.07) is 9.93. The third kappa shape index (κ3) is 3.24. The fraction of sp³-hybridized carbons (Fsp3) is 0.400. The molecule has 0 saturated carbocycles. The summed E-state index contributed by atoms with van der Waals surface area (Å²) in [6.07, 6.45) is 1.34. The largest absolute Gasteiger partial charge is 0.387 e. The molecule has 0 aliphatic carbocycles. The van der Waals surface area contributed by atoms with Crippen LogP contribution in [0.3, 0.4) is 0 Å². The van der Waals surface area contributed by atoms with Gasteiger partial charge in [0.1, 0.15) is 0 Å². The predicted molar refractivity (Wildman–Crippen MR) is 78.9 cm³/mol. The fourth-order valence-electron chi connectivity index (χ4n) is 1.90. The molecule has 18 heavy (non-hydrogen) atoms. The van der Waals surface area contributed by atoms with Gasteiger partial charge in [-0.05, 0) is 17.7 Å². The van der Waals surface area contributed by atoms with Gasteiger partial charge in [-0.2, -0.15) is 11.8 Å². The number of aromatic nitrogens is 1. The van der Waals surface area contributed by atoms with E-state index < -0.39 is 6.10 Å². The van der Waals surface area contributed by atoms with Crippen molar-refractivity contribution in [2.75, 3.05) is 11.5 Å². The molecule has 1 aromatic carbocycles. The Morgan fingerprint density at radius 1 is 1.17 bits per heavy atom. The molecule has 1 heterocycles. The van der Waals surface area contributed by atoms with Gasteiger partial charge >= 0.3 is 0 Å². The van der Waals surface area contributed by atoms with Crippen LogP contribution < -0.4 is 0 Å². The number of nitrogens with zero attached hydrogens (tertiary/aromatic N) is 1. The Bertz CT molecular complexity index is 507. The summed E-state index contributed by atoms with van der Waals surface area (Å²) in [7, 11) is 0. The van der Waals surface area contributed by atoms with E-state index in [-0.39, 0.29) is 0 Å². The molecule has 2 aromatic rings. The lowest BCUT2D eigenvalue weighted by Crippen LogP contribution is -2.04. The van der Waals surface area contributed by atoms with Crippen molar-refractivity contribution in [3.63, 3.8) is 0 Å². The van der Waals surface area contributed by atoms with Gasteiger partial charge in [-0.15, -0.1) is 0 Å². The summed E-state index contributed by atoms with van der Waals surface area (Å²) in [4.78, 5) is 4.38. The summed E-state index contributed by atoms with van der Waals surface area (Å²) < 4.78 is 0. The van der Waals surface area contributed by atoms with Gasteiger partial charge in [-0.3, -0.25) is 4.98 Å². The Balaban J connectivity index is 2.15. The highest BCUT2D eigenvalue weighted by atomic mass is 32.2. The maximum absolute atomic E-state index is 10.3. The number of hydrogen-bond donors (Lipinski definition) is 1. The van der Waals surface area contributed by atoms with Crippen LogP contribution in [-0.4, -0.2) is 21.6 Å². The van der Waals surface area contributed by atoms with Crippen LogP contribution >= 0.6 is 11.8 Å². The molecule has 1 N–H and O–H groups in total. The molecule has 3 heteroatoms. The molecule has 0 saturated heterocycles. The van der Waals surface area contributed by atoms with Crippen LogP contribution in [0.2, 0.25) is 0 Å². The number of benzene rings is 1. The highest BCUT2D eigenvalue weighted by molar-refractivity contribution is 7.99. The van der Waals surface area contributed by atoms with Crippen LogP contribution in [-0.2, 0) is 0 Å². The zero-order valence-corrected chi connectivity index (χ0v) is 11.7. The Kier molecular flexibility index (Phi) is 4.61. The summed E-state index contributed by atoms with van der Waals surface area (Å²) in [5, 5.41) is 11.4. The van der Waals surface area contributed by atoms with Crippen molar-refractivity contribution in [3.05, 3.63) is 42.1 Å². The second kappa shape index (κ2) is 6.21. The summed E-state index contributed by atoms with van der Waals surface area (Å²) in [5.41, 5.74) is 1.85. The molecule has 0 fully saturated rings. The Labute approximate surface area is 112 Å². The smallest absolute Gasteiger partial charge is 0.0901 e. The van der Waals surface area contributed by atoms with E-state index in [4.69, 9.17) is 0 Å². The molecule has 1 aromatic heterocycles. The Morgan fingerprint density at radius 3 is 2.72 bits per heavy atom. The van der Waals surface area contributed by atoms with Crippen LogP contribution in [0, 0.1) is 5.92 Å². The molecular weight excluding hydrogens is 242 g/mol. The van der Waals surface area contributed by atoms with Crippen LogP contribution in [0.4, 0.5) is 0 Å². The second-order valence-electron chi connectivity index (χ2n) is 4.87. The van der Waals surface area contributed by atoms with Crippen molar-refractivity contribution in [3.8, 4) is 0 Å². The quantitative estimate of drug-likeness (QED) is 0.891. The van der Waals surface area contributed by atoms with E-state index in [9.17, 15) is 5.11 Å². The van der Waals surface area contributed by atoms with Crippen molar-refractivity contribution < 1.29 is 5.11 Å². The number of rotatable bonds is 5. The predicted octanol–water partition coefficient (Wildman–Crippen LogP) is 3.66. The first-order valence-electron chi connectivity index (χ1n) is 6.28. The average Bonchev–Trinajstić information content (AvgIpc) is 2.37. The number of hydrogen-bond acceptors (Lipinski definition) is 3. The van der Waals surface area contributed by atoms with E-state index in [1.807, 2.05) is 30.3 Å². The molecule has 0 spiro atoms. The highest BCUT2D eigenvalue weighted by Gasteiger charge is 2.12. The van der Waals surface area contributed by atoms with Crippen LogP contribution in [0.1, 0.15) is 25.5 Å². The Hall–Kier alpha value is -1.06. The van der Waals surface area contributed by atoms with Gasteiger partial charge in [0.2, 0.25) is 0 Å². The minimum atomic E-state index is -0.438. The zero-order valence-electron chi connectivity index (χ0n) is 10.8. The third-order valence-electron chi connectivity index (χ3n) is 2.75. The molecule has 2 nitrogen and oxygen atoms in total. The van der Waals surface area contributed by atoms with E-state index in [1.165, 1.54) is 0 Å². The molecule has 0 amide bonds. The van der Waals surface area contributed by atoms with Crippen LogP contribution in [0.25, 0.3) is 10.9 Å². The van der Waals surface area contributed by atoms with Gasteiger partial charge < -0.3 is 5.11 Å². The van der Waals surface area contributed by atoms with Crippen molar-refractivity contribution in [2.24, 2.45) is 5.92 Å². The van der Waals surface area contributed by atoms with E-state index in [2.05, 4.69) is 18.8 Å². The van der Waals surface area contributed by atoms with Gasteiger partial charge in [0, 0.05) is 22.9 Å². The SMILES string of the molecule is CC(C)CSCC(O)c1cccc2cccnc12. The lowest BCUT2D eigenvalue weighted by atomic mass is 10.1. The van der Waals surface area contributed by atoms with Crippen molar-refractivity contribution in [2.45, 2.75) is 20.0 Å². The maximum Gasteiger partial charge on any atom is 0.0901 e. The topological polar surface area (TPSA) is 33.1 Å². The molecule has 1 atom stereocenters. The molecule has 0 aliphatic heterocycles. The lowest BCUT2D eigenvalue weighted by molar-refractivity contribution is 0.205. The summed E-state index contributed by atoms with van der Waals surface area (Å²) in [6.45, 7) is 4.39. The van der Waals surface area contributed by atoms with Gasteiger partial charge in [0.05, 0.1) is 11.6 Å². The molecular formula is C15H19NOS. The standard InChI is InChI=1S/C15H19NOS/c1-11(2)9-18-10-14(17)13-7-3-5-12-6-4-8-16-15(12)13/h3-8,11,14,17H,9-10H2,1-2H3. The lowest BCUT2D eigenvalue weighted by Gasteiger charge is -2.13. The molecule has 0 radical (unpaired) electrons. The molecule has 2 rings (SSSR count). The van der Waals surface area contributed by atoms with E-state index in [0.29, 0.717) is 5.92 Å². The van der Waals surface area contributed by atoms with Crippen LogP contribution in [0.5, 0.6) is 0 Å². The number of aliphatic hydroxyl groups excluding tert-OH is 1. The first-order chi connectivity index (χ1) is 8.68. The molecule has 0 bridgehead atoms. The highest BCUT2D eigenvalue weighted by Crippen LogP contribution is 2.25.